The first kappa shape index (κ1) is 25.8. The van der Waals surface area contributed by atoms with Gasteiger partial charge >= 0.3 is 59.1 Å². The van der Waals surface area contributed by atoms with Crippen LogP contribution in [0.1, 0.15) is 32.6 Å². The van der Waals surface area contributed by atoms with Crippen molar-refractivity contribution in [2.24, 2.45) is 0 Å². The Morgan fingerprint density at radius 3 is 1.95 bits per heavy atom. The van der Waals surface area contributed by atoms with Crippen LogP contribution >= 0.6 is 0 Å². The van der Waals surface area contributed by atoms with Crippen molar-refractivity contribution in [3.8, 4) is 5.75 Å². The van der Waals surface area contributed by atoms with Gasteiger partial charge in [0.2, 0.25) is 0 Å². The van der Waals surface area contributed by atoms with Gasteiger partial charge in [-0.15, -0.1) is 0 Å². The zero-order valence-electron chi connectivity index (χ0n) is 12.4. The van der Waals surface area contributed by atoms with Crippen LogP contribution in [0.3, 0.4) is 0 Å². The number of rotatable bonds is 6. The summed E-state index contributed by atoms with van der Waals surface area (Å²) in [5, 5.41) is 0. The topological polar surface area (TPSA) is 89.5 Å². The van der Waals surface area contributed by atoms with Gasteiger partial charge in [-0.1, -0.05) is 44.4 Å². The Morgan fingerprint density at radius 1 is 1.00 bits per heavy atom. The summed E-state index contributed by atoms with van der Waals surface area (Å²) in [6.07, 6.45) is 5.05. The second-order valence-corrected chi connectivity index (χ2v) is 4.45. The van der Waals surface area contributed by atoms with Crippen LogP contribution in [0.4, 0.5) is 0 Å². The Balaban J connectivity index is -0.000000361. The molecule has 0 atom stereocenters. The zero-order chi connectivity index (χ0) is 13.9. The molecule has 5 nitrogen and oxygen atoms in total. The minimum Gasteiger partial charge on any atom is -0.759 e. The van der Waals surface area contributed by atoms with Gasteiger partial charge in [0, 0.05) is 10.4 Å². The van der Waals surface area contributed by atoms with Crippen molar-refractivity contribution >= 4 is 10.4 Å². The smallest absolute Gasteiger partial charge is 0.759 e. The number of hydrogen-bond donors (Lipinski definition) is 0. The van der Waals surface area contributed by atoms with Crippen LogP contribution in [0.25, 0.3) is 0 Å². The number of para-hydroxylation sites is 1. The fraction of sp³-hybridized carbons (Fsp3) is 0.500. The number of ether oxygens (including phenoxy) is 1. The molecule has 104 valence electrons. The molecule has 1 aromatic carbocycles. The van der Waals surface area contributed by atoms with E-state index >= 15 is 0 Å². The van der Waals surface area contributed by atoms with Crippen LogP contribution in [-0.4, -0.2) is 24.1 Å². The Morgan fingerprint density at radius 2 is 1.50 bits per heavy atom. The van der Waals surface area contributed by atoms with E-state index in [0.29, 0.717) is 0 Å². The summed E-state index contributed by atoms with van der Waals surface area (Å²) in [5.74, 6) is 0.985. The summed E-state index contributed by atoms with van der Waals surface area (Å²) < 4.78 is 39.6. The molecule has 0 aromatic heterocycles. The van der Waals surface area contributed by atoms with Crippen LogP contribution in [0.15, 0.2) is 30.3 Å². The van der Waals surface area contributed by atoms with Crippen molar-refractivity contribution in [1.82, 2.24) is 0 Å². The number of benzene rings is 1. The average molecular weight is 320 g/mol. The fourth-order valence-electron chi connectivity index (χ4n) is 1.24. The molecule has 0 aliphatic rings. The summed E-state index contributed by atoms with van der Waals surface area (Å²) in [7, 11) is -5.17. The largest absolute Gasteiger partial charge is 1.00 e. The first-order valence-electron chi connectivity index (χ1n) is 5.78. The molecule has 0 radical (unpaired) electrons. The SMILES string of the molecule is CCCCCCOc1ccccc1.O=S(=O)([O-])[O-].[Na+].[Na+]. The molecule has 0 spiro atoms. The predicted octanol–water partition coefficient (Wildman–Crippen LogP) is -3.68. The van der Waals surface area contributed by atoms with E-state index in [1.54, 1.807) is 0 Å². The van der Waals surface area contributed by atoms with E-state index < -0.39 is 10.4 Å². The van der Waals surface area contributed by atoms with E-state index in [-0.39, 0.29) is 59.1 Å². The Kier molecular flexibility index (Phi) is 21.0. The zero-order valence-corrected chi connectivity index (χ0v) is 17.2. The first-order valence-corrected chi connectivity index (χ1v) is 7.11. The molecule has 1 rings (SSSR count). The van der Waals surface area contributed by atoms with E-state index in [0.717, 1.165) is 12.4 Å². The average Bonchev–Trinajstić information content (AvgIpc) is 2.28. The molecule has 0 aliphatic heterocycles. The van der Waals surface area contributed by atoms with Gasteiger partial charge in [-0.25, -0.2) is 0 Å². The Hall–Kier alpha value is 0.890. The minimum absolute atomic E-state index is 0. The van der Waals surface area contributed by atoms with Crippen LogP contribution < -0.4 is 63.9 Å². The number of unbranched alkanes of at least 4 members (excludes halogenated alkanes) is 3. The third-order valence-corrected chi connectivity index (χ3v) is 2.01. The summed E-state index contributed by atoms with van der Waals surface area (Å²) in [6, 6.07) is 10.0. The molecular formula is C12H18Na2O5S. The van der Waals surface area contributed by atoms with Crippen LogP contribution in [0.2, 0.25) is 0 Å². The van der Waals surface area contributed by atoms with Gasteiger partial charge in [0.1, 0.15) is 5.75 Å². The Labute approximate surface area is 165 Å². The molecule has 8 heteroatoms. The molecule has 0 aliphatic carbocycles. The molecule has 0 N–H and O–H groups in total. The van der Waals surface area contributed by atoms with E-state index in [1.165, 1.54) is 25.7 Å². The summed E-state index contributed by atoms with van der Waals surface area (Å²) in [6.45, 7) is 3.07. The van der Waals surface area contributed by atoms with Crippen molar-refractivity contribution in [3.05, 3.63) is 30.3 Å². The van der Waals surface area contributed by atoms with Gasteiger partial charge < -0.3 is 13.8 Å². The maximum Gasteiger partial charge on any atom is 1.00 e. The molecule has 0 amide bonds. The maximum absolute atomic E-state index is 8.52. The van der Waals surface area contributed by atoms with Gasteiger partial charge in [-0.05, 0) is 18.6 Å². The van der Waals surface area contributed by atoms with Crippen molar-refractivity contribution < 1.29 is 81.4 Å². The predicted molar refractivity (Wildman–Crippen MR) is 66.6 cm³/mol. The van der Waals surface area contributed by atoms with E-state index in [1.807, 2.05) is 30.3 Å². The molecule has 1 aromatic rings. The van der Waals surface area contributed by atoms with Gasteiger partial charge in [0.05, 0.1) is 6.61 Å². The molecule has 0 saturated heterocycles. The van der Waals surface area contributed by atoms with Gasteiger partial charge in [-0.3, -0.25) is 8.42 Å². The second kappa shape index (κ2) is 16.3. The van der Waals surface area contributed by atoms with Gasteiger partial charge in [0.25, 0.3) is 0 Å². The van der Waals surface area contributed by atoms with Crippen LogP contribution in [0.5, 0.6) is 5.75 Å². The number of hydrogen-bond acceptors (Lipinski definition) is 5. The quantitative estimate of drug-likeness (QED) is 0.233. The van der Waals surface area contributed by atoms with Crippen molar-refractivity contribution in [3.63, 3.8) is 0 Å². The van der Waals surface area contributed by atoms with Crippen LogP contribution in [0, 0.1) is 0 Å². The maximum atomic E-state index is 8.52. The van der Waals surface area contributed by atoms with E-state index in [9.17, 15) is 0 Å². The Bertz CT molecular complexity index is 390. The normalized spacial score (nSPS) is 9.35. The van der Waals surface area contributed by atoms with Gasteiger partial charge in [0.15, 0.2) is 0 Å². The molecule has 0 saturated carbocycles. The van der Waals surface area contributed by atoms with E-state index in [2.05, 4.69) is 6.92 Å². The van der Waals surface area contributed by atoms with Crippen LogP contribution in [-0.2, 0) is 10.4 Å². The molecule has 0 fully saturated rings. The standard InChI is InChI=1S/C12H18O.2Na.H2O4S/c1-2-3-4-8-11-13-12-9-6-5-7-10-12;;;1-5(2,3)4/h5-7,9-10H,2-4,8,11H2,1H3;;;(H2,1,2,3,4)/q;2*+1;/p-2. The van der Waals surface area contributed by atoms with Crippen molar-refractivity contribution in [2.45, 2.75) is 32.6 Å². The summed E-state index contributed by atoms with van der Waals surface area (Å²) >= 11 is 0. The monoisotopic (exact) mass is 320 g/mol. The molecular weight excluding hydrogens is 302 g/mol. The molecule has 0 heterocycles. The fourth-order valence-corrected chi connectivity index (χ4v) is 1.24. The first-order chi connectivity index (χ1) is 8.43. The van der Waals surface area contributed by atoms with E-state index in [4.69, 9.17) is 22.3 Å². The molecule has 0 unspecified atom stereocenters. The molecule has 0 bridgehead atoms. The third kappa shape index (κ3) is 23.9. The van der Waals surface area contributed by atoms with Crippen molar-refractivity contribution in [1.29, 1.82) is 0 Å². The van der Waals surface area contributed by atoms with Gasteiger partial charge in [-0.2, -0.15) is 0 Å². The minimum atomic E-state index is -5.17. The second-order valence-electron chi connectivity index (χ2n) is 3.63. The third-order valence-electron chi connectivity index (χ3n) is 2.01. The summed E-state index contributed by atoms with van der Waals surface area (Å²) in [5.41, 5.74) is 0. The molecule has 20 heavy (non-hydrogen) atoms. The van der Waals surface area contributed by atoms with Crippen molar-refractivity contribution in [2.75, 3.05) is 6.61 Å². The summed E-state index contributed by atoms with van der Waals surface area (Å²) in [4.78, 5) is 0.